The predicted molar refractivity (Wildman–Crippen MR) is 147 cm³/mol. The van der Waals surface area contributed by atoms with E-state index in [2.05, 4.69) is 27.4 Å². The smallest absolute Gasteiger partial charge is 0.170 e. The Balaban J connectivity index is 1.57. The van der Waals surface area contributed by atoms with Gasteiger partial charge < -0.3 is 20.3 Å². The van der Waals surface area contributed by atoms with Crippen molar-refractivity contribution < 1.29 is 13.8 Å². The molecule has 11 heteroatoms. The number of benzene rings is 1. The second-order valence-electron chi connectivity index (χ2n) is 9.06. The molecule has 0 bridgehead atoms. The van der Waals surface area contributed by atoms with Gasteiger partial charge >= 0.3 is 0 Å². The van der Waals surface area contributed by atoms with Crippen molar-refractivity contribution in [2.24, 2.45) is 0 Å². The van der Waals surface area contributed by atoms with Crippen LogP contribution in [0.1, 0.15) is 25.5 Å². The average Bonchev–Trinajstić information content (AvgIpc) is 3.72. The molecule has 9 nitrogen and oxygen atoms in total. The summed E-state index contributed by atoms with van der Waals surface area (Å²) in [5.74, 6) is 1.31. The van der Waals surface area contributed by atoms with Crippen molar-refractivity contribution in [3.63, 3.8) is 0 Å². The van der Waals surface area contributed by atoms with Crippen molar-refractivity contribution >= 4 is 39.4 Å². The molecule has 1 aliphatic carbocycles. The Morgan fingerprint density at radius 1 is 1.14 bits per heavy atom. The summed E-state index contributed by atoms with van der Waals surface area (Å²) in [6, 6.07) is 13.1. The highest BCUT2D eigenvalue weighted by Crippen LogP contribution is 2.75. The summed E-state index contributed by atoms with van der Waals surface area (Å²) in [4.78, 5) is 16.5. The second-order valence-corrected chi connectivity index (χ2v) is 11.8. The van der Waals surface area contributed by atoms with Crippen molar-refractivity contribution in [3.8, 4) is 11.4 Å². The lowest BCUT2D eigenvalue weighted by atomic mass is 10.1. The number of morpholine rings is 1. The Labute approximate surface area is 217 Å². The van der Waals surface area contributed by atoms with Gasteiger partial charge in [0.2, 0.25) is 0 Å². The number of hydrogen-bond acceptors (Lipinski definition) is 8. The molecule has 2 aliphatic rings. The van der Waals surface area contributed by atoms with E-state index in [1.807, 2.05) is 30.3 Å². The number of ether oxygens (including phenoxy) is 1. The van der Waals surface area contributed by atoms with Crippen LogP contribution < -0.4 is 15.5 Å². The number of pyridine rings is 1. The third kappa shape index (κ3) is 4.64. The van der Waals surface area contributed by atoms with Crippen LogP contribution in [0.15, 0.2) is 59.8 Å². The van der Waals surface area contributed by atoms with Gasteiger partial charge in [-0.05, 0) is 68.4 Å². The molecular formula is C25H30N6O3S2. The highest BCUT2D eigenvalue weighted by molar-refractivity contribution is 8.25. The third-order valence-corrected chi connectivity index (χ3v) is 9.64. The van der Waals surface area contributed by atoms with E-state index >= 15 is 0 Å². The number of anilines is 2. The maximum absolute atomic E-state index is 11.5. The van der Waals surface area contributed by atoms with Crippen LogP contribution in [0, 0.1) is 0 Å². The maximum atomic E-state index is 11.5. The average molecular weight is 527 g/mol. The molecule has 3 aromatic rings. The van der Waals surface area contributed by atoms with E-state index < -0.39 is 15.3 Å². The van der Waals surface area contributed by atoms with Gasteiger partial charge in [-0.15, -0.1) is 0 Å². The highest BCUT2D eigenvalue weighted by Gasteiger charge is 2.57. The monoisotopic (exact) mass is 526 g/mol. The van der Waals surface area contributed by atoms with Gasteiger partial charge in [0.15, 0.2) is 10.9 Å². The molecule has 36 heavy (non-hydrogen) atoms. The first kappa shape index (κ1) is 24.8. The molecule has 1 atom stereocenters. The fourth-order valence-corrected chi connectivity index (χ4v) is 6.60. The van der Waals surface area contributed by atoms with Gasteiger partial charge in [0.1, 0.15) is 10.6 Å². The molecule has 4 N–H and O–H groups in total. The fraction of sp³-hybridized carbons (Fsp3) is 0.360. The minimum atomic E-state index is -3.17. The summed E-state index contributed by atoms with van der Waals surface area (Å²) in [5, 5.41) is 6.54. The molecular weight excluding hydrogens is 496 g/mol. The highest BCUT2D eigenvalue weighted by atomic mass is 32.3. The van der Waals surface area contributed by atoms with Crippen LogP contribution in [0.3, 0.4) is 0 Å². The van der Waals surface area contributed by atoms with Gasteiger partial charge in [-0.25, -0.2) is 9.97 Å². The number of hydrogen-bond donors (Lipinski definition) is 4. The lowest BCUT2D eigenvalue weighted by Gasteiger charge is -2.41. The Hall–Kier alpha value is -2.83. The van der Waals surface area contributed by atoms with Crippen molar-refractivity contribution in [3.05, 3.63) is 60.6 Å². The van der Waals surface area contributed by atoms with Gasteiger partial charge in [-0.3, -0.25) is 14.1 Å². The molecule has 0 spiro atoms. The SMILES string of the molecule is CNC(=S)Nc1ccc(-c2nc(N3CCOC[C@@H]3C)cc(C3(S(O)(O)c4ccncc4)CC3)n2)cc1. The van der Waals surface area contributed by atoms with Crippen molar-refractivity contribution in [2.45, 2.75) is 35.4 Å². The first-order chi connectivity index (χ1) is 17.3. The van der Waals surface area contributed by atoms with Gasteiger partial charge in [0, 0.05) is 43.3 Å². The van der Waals surface area contributed by atoms with Gasteiger partial charge in [0.05, 0.1) is 29.8 Å². The topological polar surface area (TPSA) is 116 Å². The standard InChI is InChI=1S/C25H30N6O3S2/c1-17-16-34-14-13-31(17)22-15-21(25(9-10-25)36(32,33)20-7-11-27-12-8-20)29-23(30-22)18-3-5-19(6-4-18)28-24(35)26-2/h3-8,11-12,15,17,32-33H,9-10,13-14,16H2,1-2H3,(H2,26,28,35)/t17-/m0/s1. The lowest BCUT2D eigenvalue weighted by Crippen LogP contribution is -2.44. The van der Waals surface area contributed by atoms with E-state index in [1.54, 1.807) is 31.6 Å². The molecule has 0 unspecified atom stereocenters. The summed E-state index contributed by atoms with van der Waals surface area (Å²) in [7, 11) is -1.40. The number of nitrogens with one attached hydrogen (secondary N) is 2. The van der Waals surface area contributed by atoms with Crippen molar-refractivity contribution in [2.75, 3.05) is 37.0 Å². The summed E-state index contributed by atoms with van der Waals surface area (Å²) < 4.78 is 27.7. The number of nitrogens with zero attached hydrogens (tertiary/aromatic N) is 4. The van der Waals surface area contributed by atoms with E-state index in [-0.39, 0.29) is 6.04 Å². The third-order valence-electron chi connectivity index (χ3n) is 6.70. The van der Waals surface area contributed by atoms with Crippen LogP contribution in [0.25, 0.3) is 11.4 Å². The summed E-state index contributed by atoms with van der Waals surface area (Å²) in [5.41, 5.74) is 2.33. The minimum Gasteiger partial charge on any atom is -0.377 e. The van der Waals surface area contributed by atoms with Crippen LogP contribution in [0.2, 0.25) is 0 Å². The van der Waals surface area contributed by atoms with Crippen LogP contribution in [0.4, 0.5) is 11.5 Å². The molecule has 1 aromatic carbocycles. The normalized spacial score (nSPS) is 19.4. The van der Waals surface area contributed by atoms with Gasteiger partial charge in [-0.2, -0.15) is 10.6 Å². The minimum absolute atomic E-state index is 0.138. The zero-order valence-corrected chi connectivity index (χ0v) is 21.9. The lowest BCUT2D eigenvalue weighted by molar-refractivity contribution is 0.0985. The summed E-state index contributed by atoms with van der Waals surface area (Å²) in [6.45, 7) is 4.03. The first-order valence-electron chi connectivity index (χ1n) is 11.8. The second kappa shape index (κ2) is 9.91. The van der Waals surface area contributed by atoms with E-state index in [1.165, 1.54) is 0 Å². The van der Waals surface area contributed by atoms with E-state index in [4.69, 9.17) is 26.9 Å². The zero-order valence-electron chi connectivity index (χ0n) is 20.2. The van der Waals surface area contributed by atoms with E-state index in [0.29, 0.717) is 54.1 Å². The number of rotatable bonds is 6. The molecule has 2 aromatic heterocycles. The van der Waals surface area contributed by atoms with Crippen LogP contribution >= 0.6 is 22.8 Å². The first-order valence-corrected chi connectivity index (χ1v) is 13.8. The molecule has 1 aliphatic heterocycles. The Kier molecular flexibility index (Phi) is 6.84. The van der Waals surface area contributed by atoms with E-state index in [9.17, 15) is 9.11 Å². The molecule has 5 rings (SSSR count). The molecule has 0 amide bonds. The zero-order chi connectivity index (χ0) is 25.3. The number of aromatic nitrogens is 3. The van der Waals surface area contributed by atoms with Gasteiger partial charge in [0.25, 0.3) is 0 Å². The Morgan fingerprint density at radius 3 is 2.50 bits per heavy atom. The Bertz CT molecular complexity index is 1240. The largest absolute Gasteiger partial charge is 0.377 e. The molecule has 2 fully saturated rings. The van der Waals surface area contributed by atoms with Crippen LogP contribution in [-0.4, -0.2) is 62.0 Å². The van der Waals surface area contributed by atoms with Crippen LogP contribution in [-0.2, 0) is 9.48 Å². The maximum Gasteiger partial charge on any atom is 0.170 e. The molecule has 1 saturated carbocycles. The van der Waals surface area contributed by atoms with Crippen LogP contribution in [0.5, 0.6) is 0 Å². The van der Waals surface area contributed by atoms with Crippen molar-refractivity contribution in [1.29, 1.82) is 0 Å². The van der Waals surface area contributed by atoms with Crippen molar-refractivity contribution in [1.82, 2.24) is 20.3 Å². The van der Waals surface area contributed by atoms with E-state index in [0.717, 1.165) is 17.1 Å². The number of thiocarbonyl (C=S) groups is 1. The fourth-order valence-electron chi connectivity index (χ4n) is 4.46. The molecule has 1 saturated heterocycles. The summed E-state index contributed by atoms with van der Waals surface area (Å²) in [6.07, 6.45) is 4.44. The van der Waals surface area contributed by atoms with Gasteiger partial charge in [-0.1, -0.05) is 0 Å². The summed E-state index contributed by atoms with van der Waals surface area (Å²) >= 11 is 5.19. The predicted octanol–water partition coefficient (Wildman–Crippen LogP) is 4.48. The molecule has 3 heterocycles. The quantitative estimate of drug-likeness (QED) is 0.343. The Morgan fingerprint density at radius 2 is 1.86 bits per heavy atom. The molecule has 0 radical (unpaired) electrons. The molecule has 190 valence electrons.